The molecule has 0 bridgehead atoms. The van der Waals surface area contributed by atoms with E-state index in [-0.39, 0.29) is 45.6 Å². The number of hydrogen-bond donors (Lipinski definition) is 0. The Bertz CT molecular complexity index is 1690. The van der Waals surface area contributed by atoms with Crippen LogP contribution < -0.4 is 14.9 Å². The third-order valence-corrected chi connectivity index (χ3v) is 7.30. The summed E-state index contributed by atoms with van der Waals surface area (Å²) < 4.78 is 64.9. The molecule has 1 saturated heterocycles. The molecule has 4 aromatic rings. The van der Waals surface area contributed by atoms with Crippen molar-refractivity contribution in [1.29, 1.82) is 0 Å². The Labute approximate surface area is 250 Å². The molecule has 3 aromatic carbocycles. The minimum atomic E-state index is -5.08. The Morgan fingerprint density at radius 3 is 2.21 bits per heavy atom. The van der Waals surface area contributed by atoms with Crippen molar-refractivity contribution in [2.24, 2.45) is 0 Å². The average molecular weight is 616 g/mol. The molecule has 0 aliphatic carbocycles. The number of alkyl halides is 3. The topological polar surface area (TPSA) is 78.2 Å². The fraction of sp³-hybridized carbons (Fsp3) is 0.312. The van der Waals surface area contributed by atoms with Crippen LogP contribution in [0.5, 0.6) is 17.2 Å². The summed E-state index contributed by atoms with van der Waals surface area (Å²) in [7, 11) is 0. The lowest BCUT2D eigenvalue weighted by molar-refractivity contribution is -0.154. The summed E-state index contributed by atoms with van der Waals surface area (Å²) in [6, 6.07) is 15.1. The van der Waals surface area contributed by atoms with E-state index in [0.29, 0.717) is 31.3 Å². The van der Waals surface area contributed by atoms with Gasteiger partial charge >= 0.3 is 12.1 Å². The first kappa shape index (κ1) is 30.6. The first-order valence-corrected chi connectivity index (χ1v) is 13.9. The van der Waals surface area contributed by atoms with Crippen LogP contribution in [0.4, 0.5) is 13.2 Å². The van der Waals surface area contributed by atoms with Gasteiger partial charge in [-0.1, -0.05) is 44.5 Å². The number of esters is 1. The van der Waals surface area contributed by atoms with Gasteiger partial charge in [-0.3, -0.25) is 9.69 Å². The highest BCUT2D eigenvalue weighted by Gasteiger charge is 2.41. The van der Waals surface area contributed by atoms with Crippen LogP contribution in [0, 0.1) is 0 Å². The van der Waals surface area contributed by atoms with Crippen LogP contribution in [0.25, 0.3) is 11.0 Å². The van der Waals surface area contributed by atoms with Crippen molar-refractivity contribution in [3.63, 3.8) is 0 Å². The van der Waals surface area contributed by atoms with Gasteiger partial charge in [0.2, 0.25) is 11.2 Å². The van der Waals surface area contributed by atoms with E-state index in [0.717, 1.165) is 5.56 Å². The molecule has 226 valence electrons. The number of carbonyl (C=O) groups excluding carboxylic acids is 1. The van der Waals surface area contributed by atoms with Crippen molar-refractivity contribution >= 4 is 28.5 Å². The molecule has 11 heteroatoms. The van der Waals surface area contributed by atoms with Crippen LogP contribution in [0.15, 0.2) is 69.9 Å². The van der Waals surface area contributed by atoms with Gasteiger partial charge in [-0.25, -0.2) is 4.79 Å². The second-order valence-electron chi connectivity index (χ2n) is 11.2. The number of fused-ring (bicyclic) bond motifs is 1. The fourth-order valence-electron chi connectivity index (χ4n) is 4.67. The first-order chi connectivity index (χ1) is 20.3. The second-order valence-corrected chi connectivity index (χ2v) is 11.6. The number of carbonyl (C=O) groups is 1. The lowest BCUT2D eigenvalue weighted by atomic mass is 9.87. The normalized spacial score (nSPS) is 14.6. The minimum absolute atomic E-state index is 0.0217. The number of nitrogens with zero attached hydrogens (tertiary/aromatic N) is 1. The van der Waals surface area contributed by atoms with Crippen molar-refractivity contribution < 1.29 is 36.6 Å². The van der Waals surface area contributed by atoms with E-state index in [1.54, 1.807) is 12.1 Å². The second kappa shape index (κ2) is 12.0. The van der Waals surface area contributed by atoms with E-state index in [4.69, 9.17) is 30.2 Å². The monoisotopic (exact) mass is 615 g/mol. The maximum Gasteiger partial charge on any atom is 0.453 e. The molecule has 0 N–H and O–H groups in total. The van der Waals surface area contributed by atoms with Crippen LogP contribution in [0.3, 0.4) is 0 Å². The number of benzene rings is 3. The number of ether oxygens (including phenoxy) is 3. The predicted molar refractivity (Wildman–Crippen MR) is 155 cm³/mol. The smallest absolute Gasteiger partial charge is 0.449 e. The van der Waals surface area contributed by atoms with Gasteiger partial charge < -0.3 is 18.6 Å². The quantitative estimate of drug-likeness (QED) is 0.163. The first-order valence-electron chi connectivity index (χ1n) is 13.6. The summed E-state index contributed by atoms with van der Waals surface area (Å²) in [6.07, 6.45) is -5.08. The zero-order chi connectivity index (χ0) is 30.9. The predicted octanol–water partition coefficient (Wildman–Crippen LogP) is 7.61. The molecule has 0 radical (unpaired) electrons. The number of halogens is 4. The van der Waals surface area contributed by atoms with Crippen LogP contribution in [0.2, 0.25) is 5.02 Å². The van der Waals surface area contributed by atoms with E-state index in [1.807, 2.05) is 37.8 Å². The number of hydrogen-bond acceptors (Lipinski definition) is 7. The van der Waals surface area contributed by atoms with E-state index in [2.05, 4.69) is 0 Å². The summed E-state index contributed by atoms with van der Waals surface area (Å²) in [6.45, 7) is 7.96. The number of rotatable bonds is 6. The van der Waals surface area contributed by atoms with Crippen LogP contribution >= 0.6 is 11.6 Å². The maximum absolute atomic E-state index is 14.3. The number of morpholine rings is 1. The largest absolute Gasteiger partial charge is 0.453 e. The zero-order valence-electron chi connectivity index (χ0n) is 23.7. The SMILES string of the molecule is CC(C)(C)c1ccc(C(=O)Oc2ccc3c(=O)c(Oc4ccc(Cl)cc4)c(C(F)(F)F)oc3c2CN2CCOCC2)cc1. The highest BCUT2D eigenvalue weighted by atomic mass is 35.5. The third kappa shape index (κ3) is 6.87. The highest BCUT2D eigenvalue weighted by Crippen LogP contribution is 2.40. The Hall–Kier alpha value is -3.86. The summed E-state index contributed by atoms with van der Waals surface area (Å²) in [5.74, 6) is -3.37. The molecule has 5 rings (SSSR count). The molecular weight excluding hydrogens is 587 g/mol. The van der Waals surface area contributed by atoms with Gasteiger partial charge in [0.05, 0.1) is 29.7 Å². The lowest BCUT2D eigenvalue weighted by Crippen LogP contribution is -2.36. The van der Waals surface area contributed by atoms with Crippen molar-refractivity contribution in [1.82, 2.24) is 4.90 Å². The van der Waals surface area contributed by atoms with Crippen LogP contribution in [-0.4, -0.2) is 37.2 Å². The fourth-order valence-corrected chi connectivity index (χ4v) is 4.80. The molecule has 0 saturated carbocycles. The van der Waals surface area contributed by atoms with Gasteiger partial charge in [-0.2, -0.15) is 13.2 Å². The van der Waals surface area contributed by atoms with Crippen molar-refractivity contribution in [2.75, 3.05) is 26.3 Å². The van der Waals surface area contributed by atoms with E-state index >= 15 is 0 Å². The van der Waals surface area contributed by atoms with E-state index in [9.17, 15) is 22.8 Å². The standard InChI is InChI=1S/C32H29ClF3NO6/c1-31(2,3)20-6-4-19(5-7-20)30(39)42-25-13-12-23-26(38)28(41-22-10-8-21(33)9-11-22)29(32(34,35)36)43-27(23)24(25)18-37-14-16-40-17-15-37/h4-13H,14-18H2,1-3H3. The van der Waals surface area contributed by atoms with Crippen molar-refractivity contribution in [3.8, 4) is 17.2 Å². The van der Waals surface area contributed by atoms with Crippen molar-refractivity contribution in [3.05, 3.63) is 98.4 Å². The molecule has 0 amide bonds. The Morgan fingerprint density at radius 1 is 0.953 bits per heavy atom. The van der Waals surface area contributed by atoms with Crippen LogP contribution in [0.1, 0.15) is 48.0 Å². The molecule has 7 nitrogen and oxygen atoms in total. The van der Waals surface area contributed by atoms with E-state index in [1.165, 1.54) is 36.4 Å². The third-order valence-electron chi connectivity index (χ3n) is 7.04. The Balaban J connectivity index is 1.61. The van der Waals surface area contributed by atoms with Crippen molar-refractivity contribution in [2.45, 2.75) is 38.9 Å². The van der Waals surface area contributed by atoms with Gasteiger partial charge in [-0.15, -0.1) is 0 Å². The maximum atomic E-state index is 14.3. The molecule has 2 heterocycles. The minimum Gasteiger partial charge on any atom is -0.449 e. The average Bonchev–Trinajstić information content (AvgIpc) is 2.96. The Morgan fingerprint density at radius 2 is 1.60 bits per heavy atom. The molecule has 1 aromatic heterocycles. The molecule has 0 unspecified atom stereocenters. The summed E-state index contributed by atoms with van der Waals surface area (Å²) in [5, 5.41) is 0.184. The molecule has 0 spiro atoms. The van der Waals surface area contributed by atoms with Gasteiger partial charge in [0.1, 0.15) is 17.1 Å². The molecule has 0 atom stereocenters. The van der Waals surface area contributed by atoms with Gasteiger partial charge in [0.25, 0.3) is 5.76 Å². The van der Waals surface area contributed by atoms with Gasteiger partial charge in [0, 0.05) is 24.7 Å². The molecular formula is C32H29ClF3NO6. The molecule has 1 aliphatic heterocycles. The molecule has 43 heavy (non-hydrogen) atoms. The van der Waals surface area contributed by atoms with Gasteiger partial charge in [-0.05, 0) is 59.5 Å². The molecule has 1 fully saturated rings. The summed E-state index contributed by atoms with van der Waals surface area (Å²) >= 11 is 5.88. The van der Waals surface area contributed by atoms with Gasteiger partial charge in [0.15, 0.2) is 0 Å². The van der Waals surface area contributed by atoms with E-state index < -0.39 is 29.1 Å². The summed E-state index contributed by atoms with van der Waals surface area (Å²) in [5.41, 5.74) is -0.103. The lowest BCUT2D eigenvalue weighted by Gasteiger charge is -2.27. The Kier molecular flexibility index (Phi) is 8.56. The highest BCUT2D eigenvalue weighted by molar-refractivity contribution is 6.30. The molecule has 1 aliphatic rings. The zero-order valence-corrected chi connectivity index (χ0v) is 24.5. The van der Waals surface area contributed by atoms with Crippen LogP contribution in [-0.2, 0) is 22.9 Å². The summed E-state index contributed by atoms with van der Waals surface area (Å²) in [4.78, 5) is 28.6.